The Hall–Kier alpha value is -1.39. The van der Waals surface area contributed by atoms with Crippen LogP contribution in [0.4, 0.5) is 0 Å². The zero-order chi connectivity index (χ0) is 16.8. The van der Waals surface area contributed by atoms with Crippen LogP contribution in [0.25, 0.3) is 0 Å². The van der Waals surface area contributed by atoms with Crippen molar-refractivity contribution in [1.29, 1.82) is 0 Å². The standard InChI is InChI=1S/C18H28N2O3/c1-17(2)13-9-10-18(17,3)16(23)20(15(13)22)11-14(21)19-12-7-5-4-6-8-12/h12-13H,4-11H2,1-3H3,(H,19,21). The highest BCUT2D eigenvalue weighted by atomic mass is 16.2. The maximum Gasteiger partial charge on any atom is 0.240 e. The predicted octanol–water partition coefficient (Wildman–Crippen LogP) is 2.25. The predicted molar refractivity (Wildman–Crippen MR) is 86.3 cm³/mol. The van der Waals surface area contributed by atoms with E-state index in [1.807, 2.05) is 20.8 Å². The molecule has 0 aromatic heterocycles. The van der Waals surface area contributed by atoms with Gasteiger partial charge in [0.25, 0.3) is 0 Å². The van der Waals surface area contributed by atoms with E-state index in [1.54, 1.807) is 0 Å². The third-order valence-corrected chi connectivity index (χ3v) is 6.78. The fraction of sp³-hybridized carbons (Fsp3) is 0.833. The van der Waals surface area contributed by atoms with Crippen LogP contribution in [0.1, 0.15) is 65.7 Å². The van der Waals surface area contributed by atoms with Gasteiger partial charge in [-0.3, -0.25) is 19.3 Å². The molecule has 1 aliphatic heterocycles. The van der Waals surface area contributed by atoms with E-state index in [0.29, 0.717) is 0 Å². The number of amides is 3. The number of rotatable bonds is 3. The van der Waals surface area contributed by atoms with Gasteiger partial charge >= 0.3 is 0 Å². The Balaban J connectivity index is 1.70. The van der Waals surface area contributed by atoms with Crippen LogP contribution in [-0.4, -0.2) is 35.2 Å². The van der Waals surface area contributed by atoms with Crippen LogP contribution in [0, 0.1) is 16.7 Å². The van der Waals surface area contributed by atoms with E-state index in [2.05, 4.69) is 5.32 Å². The molecule has 0 spiro atoms. The lowest BCUT2D eigenvalue weighted by Gasteiger charge is -2.47. The van der Waals surface area contributed by atoms with Gasteiger partial charge in [0.15, 0.2) is 0 Å². The second-order valence-corrected chi connectivity index (χ2v) is 8.28. The lowest BCUT2D eigenvalue weighted by Crippen LogP contribution is -2.61. The molecule has 3 rings (SSSR count). The van der Waals surface area contributed by atoms with Gasteiger partial charge in [-0.1, -0.05) is 40.0 Å². The normalized spacial score (nSPS) is 33.9. The summed E-state index contributed by atoms with van der Waals surface area (Å²) >= 11 is 0. The summed E-state index contributed by atoms with van der Waals surface area (Å²) in [6.45, 7) is 5.87. The van der Waals surface area contributed by atoms with Crippen molar-refractivity contribution in [1.82, 2.24) is 10.2 Å². The molecule has 23 heavy (non-hydrogen) atoms. The molecule has 2 atom stereocenters. The van der Waals surface area contributed by atoms with Crippen LogP contribution in [0.15, 0.2) is 0 Å². The van der Waals surface area contributed by atoms with Crippen molar-refractivity contribution in [2.45, 2.75) is 71.8 Å². The molecule has 2 aliphatic carbocycles. The molecule has 5 nitrogen and oxygen atoms in total. The summed E-state index contributed by atoms with van der Waals surface area (Å²) in [4.78, 5) is 39.1. The molecule has 1 heterocycles. The first-order chi connectivity index (χ1) is 10.8. The highest BCUT2D eigenvalue weighted by Crippen LogP contribution is 2.59. The summed E-state index contributed by atoms with van der Waals surface area (Å²) in [6.07, 6.45) is 6.99. The fourth-order valence-corrected chi connectivity index (χ4v) is 4.71. The summed E-state index contributed by atoms with van der Waals surface area (Å²) in [5.74, 6) is -0.664. The minimum atomic E-state index is -0.531. The van der Waals surface area contributed by atoms with Crippen molar-refractivity contribution in [3.8, 4) is 0 Å². The molecule has 2 unspecified atom stereocenters. The summed E-state index contributed by atoms with van der Waals surface area (Å²) in [5, 5.41) is 3.01. The Labute approximate surface area is 138 Å². The zero-order valence-corrected chi connectivity index (χ0v) is 14.5. The first-order valence-electron chi connectivity index (χ1n) is 8.92. The fourth-order valence-electron chi connectivity index (χ4n) is 4.71. The van der Waals surface area contributed by atoms with E-state index in [4.69, 9.17) is 0 Å². The van der Waals surface area contributed by atoms with Crippen molar-refractivity contribution in [3.63, 3.8) is 0 Å². The van der Waals surface area contributed by atoms with Crippen LogP contribution >= 0.6 is 0 Å². The second kappa shape index (κ2) is 5.60. The van der Waals surface area contributed by atoms with Crippen molar-refractivity contribution in [3.05, 3.63) is 0 Å². The highest BCUT2D eigenvalue weighted by Gasteiger charge is 2.64. The molecular formula is C18H28N2O3. The average Bonchev–Trinajstić information content (AvgIpc) is 2.70. The summed E-state index contributed by atoms with van der Waals surface area (Å²) in [6, 6.07) is 0.204. The van der Waals surface area contributed by atoms with Gasteiger partial charge in [0.2, 0.25) is 17.7 Å². The third kappa shape index (κ3) is 2.48. The Morgan fingerprint density at radius 2 is 1.78 bits per heavy atom. The molecule has 0 aromatic rings. The summed E-state index contributed by atoms with van der Waals surface area (Å²) in [5.41, 5.74) is -0.853. The SMILES string of the molecule is CC12CCC(C(=O)N(CC(=O)NC3CCCCC3)C1=O)C2(C)C. The van der Waals surface area contributed by atoms with Crippen LogP contribution in [0.5, 0.6) is 0 Å². The molecule has 3 aliphatic rings. The Kier molecular flexibility index (Phi) is 4.01. The van der Waals surface area contributed by atoms with Crippen LogP contribution < -0.4 is 5.32 Å². The van der Waals surface area contributed by atoms with Gasteiger partial charge < -0.3 is 5.32 Å². The molecule has 128 valence electrons. The van der Waals surface area contributed by atoms with Crippen LogP contribution in [0.2, 0.25) is 0 Å². The van der Waals surface area contributed by atoms with Gasteiger partial charge in [-0.15, -0.1) is 0 Å². The Morgan fingerprint density at radius 1 is 1.13 bits per heavy atom. The average molecular weight is 320 g/mol. The Morgan fingerprint density at radius 3 is 2.43 bits per heavy atom. The smallest absolute Gasteiger partial charge is 0.240 e. The van der Waals surface area contributed by atoms with E-state index in [-0.39, 0.29) is 41.6 Å². The van der Waals surface area contributed by atoms with Gasteiger partial charge in [0.1, 0.15) is 6.54 Å². The molecular weight excluding hydrogens is 292 g/mol. The molecule has 3 amide bonds. The number of piperidine rings is 1. The number of nitrogens with zero attached hydrogens (tertiary/aromatic N) is 1. The van der Waals surface area contributed by atoms with E-state index in [1.165, 1.54) is 11.3 Å². The first kappa shape index (κ1) is 16.5. The monoisotopic (exact) mass is 320 g/mol. The molecule has 3 fully saturated rings. The molecule has 0 radical (unpaired) electrons. The van der Waals surface area contributed by atoms with E-state index in [0.717, 1.165) is 38.5 Å². The van der Waals surface area contributed by atoms with Crippen molar-refractivity contribution in [2.75, 3.05) is 6.54 Å². The first-order valence-corrected chi connectivity index (χ1v) is 8.92. The highest BCUT2D eigenvalue weighted by molar-refractivity contribution is 6.06. The minimum Gasteiger partial charge on any atom is -0.352 e. The Bertz CT molecular complexity index is 536. The second-order valence-electron chi connectivity index (χ2n) is 8.28. The van der Waals surface area contributed by atoms with Crippen molar-refractivity contribution in [2.24, 2.45) is 16.7 Å². The van der Waals surface area contributed by atoms with Gasteiger partial charge in [-0.05, 0) is 31.1 Å². The van der Waals surface area contributed by atoms with Gasteiger partial charge in [0, 0.05) is 12.0 Å². The number of carbonyl (C=O) groups is 3. The quantitative estimate of drug-likeness (QED) is 0.811. The van der Waals surface area contributed by atoms with E-state index in [9.17, 15) is 14.4 Å². The summed E-state index contributed by atoms with van der Waals surface area (Å²) in [7, 11) is 0. The zero-order valence-electron chi connectivity index (χ0n) is 14.5. The maximum absolute atomic E-state index is 12.9. The number of carbonyl (C=O) groups excluding carboxylic acids is 3. The number of likely N-dealkylation sites (tertiary alicyclic amines) is 1. The van der Waals surface area contributed by atoms with Gasteiger partial charge in [0.05, 0.1) is 5.41 Å². The minimum absolute atomic E-state index is 0.115. The molecule has 2 bridgehead atoms. The third-order valence-electron chi connectivity index (χ3n) is 6.78. The lowest BCUT2D eigenvalue weighted by molar-refractivity contribution is -0.169. The van der Waals surface area contributed by atoms with E-state index >= 15 is 0 Å². The number of fused-ring (bicyclic) bond motifs is 2. The van der Waals surface area contributed by atoms with Crippen molar-refractivity contribution >= 4 is 17.7 Å². The molecule has 1 saturated heterocycles. The van der Waals surface area contributed by atoms with Gasteiger partial charge in [-0.2, -0.15) is 0 Å². The molecule has 5 heteroatoms. The van der Waals surface area contributed by atoms with E-state index < -0.39 is 5.41 Å². The number of imide groups is 1. The molecule has 2 saturated carbocycles. The largest absolute Gasteiger partial charge is 0.352 e. The number of nitrogens with one attached hydrogen (secondary N) is 1. The molecule has 0 aromatic carbocycles. The van der Waals surface area contributed by atoms with Gasteiger partial charge in [-0.25, -0.2) is 0 Å². The maximum atomic E-state index is 12.9. The van der Waals surface area contributed by atoms with Crippen LogP contribution in [0.3, 0.4) is 0 Å². The molecule has 1 N–H and O–H groups in total. The lowest BCUT2D eigenvalue weighted by atomic mass is 9.62. The number of hydrogen-bond donors (Lipinski definition) is 1. The van der Waals surface area contributed by atoms with Crippen LogP contribution in [-0.2, 0) is 14.4 Å². The topological polar surface area (TPSA) is 66.5 Å². The number of hydrogen-bond acceptors (Lipinski definition) is 3. The van der Waals surface area contributed by atoms with Crippen molar-refractivity contribution < 1.29 is 14.4 Å². The summed E-state index contributed by atoms with van der Waals surface area (Å²) < 4.78 is 0.